The van der Waals surface area contributed by atoms with Gasteiger partial charge in [-0.15, -0.1) is 0 Å². The minimum absolute atomic E-state index is 0.140. The van der Waals surface area contributed by atoms with Gasteiger partial charge in [-0.1, -0.05) is 12.5 Å². The lowest BCUT2D eigenvalue weighted by molar-refractivity contribution is -0.131. The number of sulfone groups is 1. The Hall–Kier alpha value is -1.56. The van der Waals surface area contributed by atoms with Crippen LogP contribution in [0.4, 0.5) is 5.69 Å². The Balaban J connectivity index is 1.81. The first-order valence-corrected chi connectivity index (χ1v) is 9.06. The van der Waals surface area contributed by atoms with E-state index in [0.29, 0.717) is 31.6 Å². The van der Waals surface area contributed by atoms with Crippen molar-refractivity contribution in [1.29, 1.82) is 0 Å². The van der Waals surface area contributed by atoms with Crippen molar-refractivity contribution in [2.45, 2.75) is 37.5 Å². The fraction of sp³-hybridized carbons (Fsp3) is 0.533. The Morgan fingerprint density at radius 2 is 2.05 bits per heavy atom. The third-order valence-electron chi connectivity index (χ3n) is 4.41. The number of nitrogens with two attached hydrogens (primary N) is 1. The fourth-order valence-electron chi connectivity index (χ4n) is 3.20. The van der Waals surface area contributed by atoms with Gasteiger partial charge in [-0.2, -0.15) is 0 Å². The van der Waals surface area contributed by atoms with E-state index in [2.05, 4.69) is 0 Å². The third-order valence-corrected chi connectivity index (χ3v) is 6.57. The molecular weight excluding hydrogens is 288 g/mol. The van der Waals surface area contributed by atoms with E-state index >= 15 is 0 Å². The molecule has 0 radical (unpaired) electrons. The number of carbonyl (C=O) groups is 1. The van der Waals surface area contributed by atoms with Crippen molar-refractivity contribution < 1.29 is 13.2 Å². The molecule has 5 nitrogen and oxygen atoms in total. The van der Waals surface area contributed by atoms with E-state index in [-0.39, 0.29) is 11.7 Å². The first-order chi connectivity index (χ1) is 9.97. The molecule has 0 bridgehead atoms. The smallest absolute Gasteiger partial charge is 0.241 e. The second-order valence-corrected chi connectivity index (χ2v) is 8.19. The molecule has 0 aromatic heterocycles. The number of rotatable bonds is 1. The molecule has 2 aliphatic rings. The standard InChI is InChI=1S/C15H20N2O3S/c16-13-5-4-11-6-7-17(10-12(11)9-13)15(18)14-3-1-2-8-21(14,19)20/h4-5,9,14H,1-3,6-8,10,16H2. The number of carbonyl (C=O) groups excluding carboxylic acids is 1. The summed E-state index contributed by atoms with van der Waals surface area (Å²) in [7, 11) is -3.27. The zero-order chi connectivity index (χ0) is 15.0. The summed E-state index contributed by atoms with van der Waals surface area (Å²) in [5.74, 6) is -0.0939. The van der Waals surface area contributed by atoms with Crippen LogP contribution < -0.4 is 5.73 Å². The highest BCUT2D eigenvalue weighted by Gasteiger charge is 2.38. The van der Waals surface area contributed by atoms with E-state index in [1.165, 1.54) is 5.56 Å². The molecule has 1 saturated heterocycles. The number of hydrogen-bond acceptors (Lipinski definition) is 4. The molecule has 0 aliphatic carbocycles. The van der Waals surface area contributed by atoms with E-state index < -0.39 is 15.1 Å². The largest absolute Gasteiger partial charge is 0.399 e. The first-order valence-electron chi connectivity index (χ1n) is 7.35. The van der Waals surface area contributed by atoms with E-state index in [1.54, 1.807) is 4.90 Å². The predicted octanol–water partition coefficient (Wildman–Crippen LogP) is 1.12. The number of benzene rings is 1. The van der Waals surface area contributed by atoms with Crippen molar-refractivity contribution in [2.24, 2.45) is 0 Å². The molecule has 0 spiro atoms. The lowest BCUT2D eigenvalue weighted by atomic mass is 9.98. The van der Waals surface area contributed by atoms with Gasteiger partial charge in [0.1, 0.15) is 5.25 Å². The van der Waals surface area contributed by atoms with E-state index in [1.807, 2.05) is 18.2 Å². The summed E-state index contributed by atoms with van der Waals surface area (Å²) in [4.78, 5) is 14.3. The SMILES string of the molecule is Nc1ccc2c(c1)CN(C(=O)C1CCCCS1(=O)=O)CC2. The Morgan fingerprint density at radius 3 is 2.81 bits per heavy atom. The summed E-state index contributed by atoms with van der Waals surface area (Å²) in [6.07, 6.45) is 2.70. The van der Waals surface area contributed by atoms with Crippen LogP contribution in [0.15, 0.2) is 18.2 Å². The summed E-state index contributed by atoms with van der Waals surface area (Å²) in [6, 6.07) is 5.73. The van der Waals surface area contributed by atoms with E-state index in [0.717, 1.165) is 18.4 Å². The van der Waals surface area contributed by atoms with Crippen molar-refractivity contribution in [3.8, 4) is 0 Å². The minimum atomic E-state index is -3.27. The number of nitrogen functional groups attached to an aromatic ring is 1. The lowest BCUT2D eigenvalue weighted by Gasteiger charge is -2.33. The molecule has 2 heterocycles. The molecule has 1 unspecified atom stereocenters. The molecule has 6 heteroatoms. The second-order valence-electron chi connectivity index (χ2n) is 5.89. The van der Waals surface area contributed by atoms with Gasteiger partial charge in [-0.3, -0.25) is 4.79 Å². The van der Waals surface area contributed by atoms with E-state index in [9.17, 15) is 13.2 Å². The molecule has 1 aromatic rings. The van der Waals surface area contributed by atoms with Crippen molar-refractivity contribution in [2.75, 3.05) is 18.0 Å². The third kappa shape index (κ3) is 2.77. The van der Waals surface area contributed by atoms with Crippen LogP contribution in [0.2, 0.25) is 0 Å². The van der Waals surface area contributed by atoms with Crippen molar-refractivity contribution in [3.05, 3.63) is 29.3 Å². The Kier molecular flexibility index (Phi) is 3.65. The molecule has 21 heavy (non-hydrogen) atoms. The Morgan fingerprint density at radius 1 is 1.24 bits per heavy atom. The number of hydrogen-bond donors (Lipinski definition) is 1. The van der Waals surface area contributed by atoms with Crippen LogP contribution in [0.5, 0.6) is 0 Å². The maximum Gasteiger partial charge on any atom is 0.241 e. The minimum Gasteiger partial charge on any atom is -0.399 e. The maximum absolute atomic E-state index is 12.6. The zero-order valence-corrected chi connectivity index (χ0v) is 12.7. The summed E-state index contributed by atoms with van der Waals surface area (Å²) in [6.45, 7) is 1.05. The number of nitrogens with zero attached hydrogens (tertiary/aromatic N) is 1. The molecule has 2 aliphatic heterocycles. The number of fused-ring (bicyclic) bond motifs is 1. The van der Waals surface area contributed by atoms with Crippen LogP contribution >= 0.6 is 0 Å². The van der Waals surface area contributed by atoms with Gasteiger partial charge in [-0.05, 0) is 42.5 Å². The summed E-state index contributed by atoms with van der Waals surface area (Å²) in [5.41, 5.74) is 8.69. The van der Waals surface area contributed by atoms with Gasteiger partial charge >= 0.3 is 0 Å². The molecular formula is C15H20N2O3S. The van der Waals surface area contributed by atoms with Crippen LogP contribution in [-0.4, -0.2) is 36.8 Å². The van der Waals surface area contributed by atoms with Crippen LogP contribution in [0.25, 0.3) is 0 Å². The monoisotopic (exact) mass is 308 g/mol. The van der Waals surface area contributed by atoms with Crippen LogP contribution in [-0.2, 0) is 27.6 Å². The number of amides is 1. The Bertz CT molecular complexity index is 669. The molecule has 0 saturated carbocycles. The molecule has 2 N–H and O–H groups in total. The first kappa shape index (κ1) is 14.4. The Labute approximate surface area is 125 Å². The van der Waals surface area contributed by atoms with Crippen molar-refractivity contribution >= 4 is 21.4 Å². The second kappa shape index (κ2) is 5.33. The van der Waals surface area contributed by atoms with Crippen molar-refractivity contribution in [3.63, 3.8) is 0 Å². The fourth-order valence-corrected chi connectivity index (χ4v) is 5.07. The van der Waals surface area contributed by atoms with Gasteiger partial charge < -0.3 is 10.6 Å². The van der Waals surface area contributed by atoms with Crippen LogP contribution in [0, 0.1) is 0 Å². The maximum atomic E-state index is 12.6. The summed E-state index contributed by atoms with van der Waals surface area (Å²) in [5, 5.41) is -0.839. The highest BCUT2D eigenvalue weighted by molar-refractivity contribution is 7.92. The van der Waals surface area contributed by atoms with Gasteiger partial charge in [0.05, 0.1) is 5.75 Å². The predicted molar refractivity (Wildman–Crippen MR) is 81.4 cm³/mol. The highest BCUT2D eigenvalue weighted by atomic mass is 32.2. The number of anilines is 1. The molecule has 3 rings (SSSR count). The van der Waals surface area contributed by atoms with Gasteiger partial charge in [-0.25, -0.2) is 8.42 Å². The average Bonchev–Trinajstić information content (AvgIpc) is 2.45. The molecule has 114 valence electrons. The normalized spacial score (nSPS) is 24.4. The average molecular weight is 308 g/mol. The molecule has 1 atom stereocenters. The van der Waals surface area contributed by atoms with E-state index in [4.69, 9.17) is 5.73 Å². The van der Waals surface area contributed by atoms with Gasteiger partial charge in [0.2, 0.25) is 5.91 Å². The zero-order valence-electron chi connectivity index (χ0n) is 11.9. The molecule has 1 amide bonds. The van der Waals surface area contributed by atoms with Gasteiger partial charge in [0, 0.05) is 18.8 Å². The van der Waals surface area contributed by atoms with Crippen molar-refractivity contribution in [1.82, 2.24) is 4.90 Å². The van der Waals surface area contributed by atoms with Crippen LogP contribution in [0.3, 0.4) is 0 Å². The quantitative estimate of drug-likeness (QED) is 0.788. The molecule has 1 aromatic carbocycles. The summed E-state index contributed by atoms with van der Waals surface area (Å²) >= 11 is 0. The van der Waals surface area contributed by atoms with Gasteiger partial charge in [0.15, 0.2) is 9.84 Å². The van der Waals surface area contributed by atoms with Crippen LogP contribution in [0.1, 0.15) is 30.4 Å². The molecule has 1 fully saturated rings. The van der Waals surface area contributed by atoms with Gasteiger partial charge in [0.25, 0.3) is 0 Å². The highest BCUT2D eigenvalue weighted by Crippen LogP contribution is 2.26. The lowest BCUT2D eigenvalue weighted by Crippen LogP contribution is -2.47. The topological polar surface area (TPSA) is 80.5 Å². The summed E-state index contributed by atoms with van der Waals surface area (Å²) < 4.78 is 24.2.